The van der Waals surface area contributed by atoms with Gasteiger partial charge in [0.2, 0.25) is 0 Å². The fraction of sp³-hybridized carbons (Fsp3) is 0.435. The van der Waals surface area contributed by atoms with Gasteiger partial charge in [0.15, 0.2) is 11.9 Å². The number of rotatable bonds is 4. The molecule has 2 amide bonds. The van der Waals surface area contributed by atoms with E-state index in [4.69, 9.17) is 0 Å². The summed E-state index contributed by atoms with van der Waals surface area (Å²) in [5.74, 6) is -0.478. The molecule has 0 aliphatic carbocycles. The first-order valence-electron chi connectivity index (χ1n) is 10.4. The SMILES string of the molecule is CC(=O)c1c[nH]c(C(=O)N2CCC3(CCCN(C(=O)[C@H](O)c4ccccc4)C3)C2)c1. The van der Waals surface area contributed by atoms with Gasteiger partial charge in [-0.05, 0) is 37.8 Å². The molecule has 4 rings (SSSR count). The van der Waals surface area contributed by atoms with Crippen LogP contribution in [0, 0.1) is 5.41 Å². The molecule has 0 saturated carbocycles. The molecule has 158 valence electrons. The highest BCUT2D eigenvalue weighted by Crippen LogP contribution is 2.40. The highest BCUT2D eigenvalue weighted by Gasteiger charge is 2.44. The Morgan fingerprint density at radius 1 is 1.07 bits per heavy atom. The van der Waals surface area contributed by atoms with Gasteiger partial charge in [0.25, 0.3) is 11.8 Å². The van der Waals surface area contributed by atoms with E-state index in [0.717, 1.165) is 19.3 Å². The van der Waals surface area contributed by atoms with Gasteiger partial charge in [-0.15, -0.1) is 0 Å². The zero-order valence-electron chi connectivity index (χ0n) is 17.1. The van der Waals surface area contributed by atoms with E-state index < -0.39 is 6.10 Å². The molecule has 1 unspecified atom stereocenters. The second-order valence-corrected chi connectivity index (χ2v) is 8.51. The van der Waals surface area contributed by atoms with Gasteiger partial charge in [0.05, 0.1) is 0 Å². The number of H-pyrrole nitrogens is 1. The van der Waals surface area contributed by atoms with Crippen LogP contribution < -0.4 is 0 Å². The Balaban J connectivity index is 1.43. The number of amides is 2. The molecule has 0 bridgehead atoms. The van der Waals surface area contributed by atoms with Gasteiger partial charge in [-0.25, -0.2) is 0 Å². The van der Waals surface area contributed by atoms with Crippen molar-refractivity contribution in [1.29, 1.82) is 0 Å². The molecule has 30 heavy (non-hydrogen) atoms. The van der Waals surface area contributed by atoms with E-state index in [1.54, 1.807) is 34.2 Å². The second-order valence-electron chi connectivity index (χ2n) is 8.51. The molecular weight excluding hydrogens is 382 g/mol. The van der Waals surface area contributed by atoms with Crippen LogP contribution in [0.4, 0.5) is 0 Å². The number of benzene rings is 1. The van der Waals surface area contributed by atoms with Crippen LogP contribution in [0.1, 0.15) is 58.7 Å². The highest BCUT2D eigenvalue weighted by molar-refractivity contribution is 5.99. The van der Waals surface area contributed by atoms with E-state index in [1.165, 1.54) is 6.92 Å². The van der Waals surface area contributed by atoms with Gasteiger partial charge in [-0.1, -0.05) is 30.3 Å². The van der Waals surface area contributed by atoms with Crippen molar-refractivity contribution < 1.29 is 19.5 Å². The average molecular weight is 409 g/mol. The van der Waals surface area contributed by atoms with Crippen molar-refractivity contribution in [2.24, 2.45) is 5.41 Å². The number of carbonyl (C=O) groups excluding carboxylic acids is 3. The summed E-state index contributed by atoms with van der Waals surface area (Å²) in [5, 5.41) is 10.5. The minimum absolute atomic E-state index is 0.0819. The van der Waals surface area contributed by atoms with Gasteiger partial charge in [0, 0.05) is 43.4 Å². The summed E-state index contributed by atoms with van der Waals surface area (Å²) in [7, 11) is 0. The Morgan fingerprint density at radius 3 is 2.50 bits per heavy atom. The normalized spacial score (nSPS) is 22.3. The molecule has 0 radical (unpaired) electrons. The first-order chi connectivity index (χ1) is 14.4. The number of carbonyl (C=O) groups is 3. The standard InChI is InChI=1S/C23H27N3O4/c1-16(27)18-12-19(24-13-18)21(29)26-11-9-23(15-26)8-5-10-25(14-23)22(30)20(28)17-6-3-2-4-7-17/h2-4,6-7,12-13,20,24,28H,5,8-11,14-15H2,1H3/t20-,23?/m1/s1. The number of ketones is 1. The molecule has 2 N–H and O–H groups in total. The zero-order chi connectivity index (χ0) is 21.3. The summed E-state index contributed by atoms with van der Waals surface area (Å²) in [6, 6.07) is 10.6. The van der Waals surface area contributed by atoms with Crippen LogP contribution in [0.25, 0.3) is 0 Å². The fourth-order valence-corrected chi connectivity index (χ4v) is 4.68. The van der Waals surface area contributed by atoms with Crippen molar-refractivity contribution >= 4 is 17.6 Å². The van der Waals surface area contributed by atoms with Crippen molar-refractivity contribution in [3.05, 3.63) is 59.4 Å². The number of aromatic amines is 1. The molecule has 1 aromatic heterocycles. The van der Waals surface area contributed by atoms with Crippen LogP contribution in [0.5, 0.6) is 0 Å². The second kappa shape index (κ2) is 8.07. The summed E-state index contributed by atoms with van der Waals surface area (Å²) >= 11 is 0. The number of aromatic nitrogens is 1. The van der Waals surface area contributed by atoms with Gasteiger partial charge in [0.1, 0.15) is 5.69 Å². The quantitative estimate of drug-likeness (QED) is 0.759. The Bertz CT molecular complexity index is 954. The molecule has 2 aliphatic rings. The van der Waals surface area contributed by atoms with Gasteiger partial charge < -0.3 is 19.9 Å². The number of hydrogen-bond donors (Lipinski definition) is 2. The highest BCUT2D eigenvalue weighted by atomic mass is 16.3. The third-order valence-electron chi connectivity index (χ3n) is 6.37. The minimum atomic E-state index is -1.16. The average Bonchev–Trinajstić information content (AvgIpc) is 3.41. The first-order valence-corrected chi connectivity index (χ1v) is 10.4. The van der Waals surface area contributed by atoms with Crippen molar-refractivity contribution in [2.75, 3.05) is 26.2 Å². The number of nitrogens with zero attached hydrogens (tertiary/aromatic N) is 2. The lowest BCUT2D eigenvalue weighted by atomic mass is 9.79. The lowest BCUT2D eigenvalue weighted by Gasteiger charge is -2.41. The third kappa shape index (κ3) is 3.89. The Labute approximate surface area is 175 Å². The maximum atomic E-state index is 12.9. The Morgan fingerprint density at radius 2 is 1.80 bits per heavy atom. The number of nitrogens with one attached hydrogen (secondary N) is 1. The van der Waals surface area contributed by atoms with Crippen molar-refractivity contribution in [3.63, 3.8) is 0 Å². The van der Waals surface area contributed by atoms with Crippen LogP contribution in [0.15, 0.2) is 42.6 Å². The Kier molecular flexibility index (Phi) is 5.47. The van der Waals surface area contributed by atoms with E-state index in [0.29, 0.717) is 43.0 Å². The van der Waals surface area contributed by atoms with Crippen LogP contribution in [-0.2, 0) is 4.79 Å². The molecule has 2 fully saturated rings. The number of hydrogen-bond acceptors (Lipinski definition) is 4. The Hall–Kier alpha value is -2.93. The molecule has 2 aliphatic heterocycles. The number of aliphatic hydroxyl groups is 1. The topological polar surface area (TPSA) is 93.7 Å². The molecule has 1 aromatic carbocycles. The van der Waals surface area contributed by atoms with Crippen LogP contribution in [-0.4, -0.2) is 63.7 Å². The minimum Gasteiger partial charge on any atom is -0.378 e. The third-order valence-corrected chi connectivity index (χ3v) is 6.37. The lowest BCUT2D eigenvalue weighted by molar-refractivity contribution is -0.144. The van der Waals surface area contributed by atoms with E-state index in [-0.39, 0.29) is 23.0 Å². The molecule has 2 atom stereocenters. The van der Waals surface area contributed by atoms with Crippen LogP contribution in [0.2, 0.25) is 0 Å². The summed E-state index contributed by atoms with van der Waals surface area (Å²) in [6.07, 6.45) is 3.03. The smallest absolute Gasteiger partial charge is 0.270 e. The van der Waals surface area contributed by atoms with Crippen molar-refractivity contribution in [2.45, 2.75) is 32.3 Å². The number of likely N-dealkylation sites (tertiary alicyclic amines) is 2. The fourth-order valence-electron chi connectivity index (χ4n) is 4.68. The lowest BCUT2D eigenvalue weighted by Crippen LogP contribution is -2.49. The van der Waals surface area contributed by atoms with E-state index in [9.17, 15) is 19.5 Å². The largest absolute Gasteiger partial charge is 0.378 e. The van der Waals surface area contributed by atoms with Gasteiger partial charge in [-0.3, -0.25) is 14.4 Å². The summed E-state index contributed by atoms with van der Waals surface area (Å²) in [5.41, 5.74) is 1.37. The van der Waals surface area contributed by atoms with Gasteiger partial charge >= 0.3 is 0 Å². The van der Waals surface area contributed by atoms with Crippen molar-refractivity contribution in [1.82, 2.24) is 14.8 Å². The monoisotopic (exact) mass is 409 g/mol. The van der Waals surface area contributed by atoms with Gasteiger partial charge in [-0.2, -0.15) is 0 Å². The van der Waals surface area contributed by atoms with Crippen molar-refractivity contribution in [3.8, 4) is 0 Å². The summed E-state index contributed by atoms with van der Waals surface area (Å²) in [4.78, 5) is 43.7. The van der Waals surface area contributed by atoms with E-state index in [2.05, 4.69) is 4.98 Å². The molecular formula is C23H27N3O4. The molecule has 7 heteroatoms. The number of Topliss-reactive ketones (excluding diaryl/α,β-unsaturated/α-hetero) is 1. The molecule has 7 nitrogen and oxygen atoms in total. The van der Waals surface area contributed by atoms with Crippen LogP contribution in [0.3, 0.4) is 0 Å². The molecule has 3 heterocycles. The van der Waals surface area contributed by atoms with E-state index >= 15 is 0 Å². The maximum absolute atomic E-state index is 12.9. The number of piperidine rings is 1. The first kappa shape index (κ1) is 20.3. The van der Waals surface area contributed by atoms with E-state index in [1.807, 2.05) is 18.2 Å². The molecule has 1 spiro atoms. The maximum Gasteiger partial charge on any atom is 0.270 e. The summed E-state index contributed by atoms with van der Waals surface area (Å²) in [6.45, 7) is 3.84. The van der Waals surface area contributed by atoms with Crippen LogP contribution >= 0.6 is 0 Å². The number of aliphatic hydroxyl groups excluding tert-OH is 1. The predicted octanol–water partition coefficient (Wildman–Crippen LogP) is 2.41. The predicted molar refractivity (Wildman–Crippen MR) is 111 cm³/mol. The summed E-state index contributed by atoms with van der Waals surface area (Å²) < 4.78 is 0. The molecule has 2 aromatic rings. The molecule has 2 saturated heterocycles. The zero-order valence-corrected chi connectivity index (χ0v) is 17.1.